The number of methoxy groups -OCH3 is 1. The minimum absolute atomic E-state index is 0.0269. The Morgan fingerprint density at radius 2 is 1.81 bits per heavy atom. The number of hydrogen-bond acceptors (Lipinski definition) is 5. The van der Waals surface area contributed by atoms with Gasteiger partial charge in [-0.15, -0.1) is 11.8 Å². The monoisotopic (exact) mass is 373 g/mol. The number of thioether (sulfide) groups is 1. The van der Waals surface area contributed by atoms with Crippen LogP contribution in [0.25, 0.3) is 0 Å². The molecule has 138 valence electrons. The van der Waals surface area contributed by atoms with E-state index in [0.29, 0.717) is 24.5 Å². The van der Waals surface area contributed by atoms with Gasteiger partial charge in [0.15, 0.2) is 0 Å². The number of nitrogens with one attached hydrogen (secondary N) is 1. The molecule has 2 rings (SSSR count). The van der Waals surface area contributed by atoms with E-state index in [1.165, 1.54) is 7.11 Å². The second-order valence-corrected chi connectivity index (χ2v) is 6.48. The molecule has 2 aromatic rings. The third-order valence-corrected chi connectivity index (χ3v) is 4.61. The van der Waals surface area contributed by atoms with Crippen LogP contribution >= 0.6 is 11.8 Å². The number of ether oxygens (including phenoxy) is 2. The molecule has 0 aliphatic carbocycles. The van der Waals surface area contributed by atoms with Gasteiger partial charge in [0.25, 0.3) is 0 Å². The van der Waals surface area contributed by atoms with Gasteiger partial charge in [0, 0.05) is 17.9 Å². The molecule has 0 aliphatic rings. The summed E-state index contributed by atoms with van der Waals surface area (Å²) >= 11 is 1.55. The zero-order chi connectivity index (χ0) is 18.8. The van der Waals surface area contributed by atoms with Crippen LogP contribution in [0.15, 0.2) is 48.5 Å². The second-order valence-electron chi connectivity index (χ2n) is 5.50. The van der Waals surface area contributed by atoms with Crippen molar-refractivity contribution in [3.63, 3.8) is 0 Å². The van der Waals surface area contributed by atoms with Gasteiger partial charge in [0.05, 0.1) is 25.0 Å². The van der Waals surface area contributed by atoms with Gasteiger partial charge < -0.3 is 14.8 Å². The predicted molar refractivity (Wildman–Crippen MR) is 103 cm³/mol. The highest BCUT2D eigenvalue weighted by molar-refractivity contribution is 7.99. The maximum absolute atomic E-state index is 12.0. The van der Waals surface area contributed by atoms with Crippen molar-refractivity contribution in [1.82, 2.24) is 5.32 Å². The van der Waals surface area contributed by atoms with Crippen molar-refractivity contribution < 1.29 is 19.1 Å². The van der Waals surface area contributed by atoms with Crippen LogP contribution in [-0.2, 0) is 21.8 Å². The number of carbonyl (C=O) groups excluding carboxylic acids is 2. The molecule has 6 heteroatoms. The molecule has 0 aliphatic heterocycles. The fourth-order valence-corrected chi connectivity index (χ4v) is 3.15. The molecule has 0 bridgehead atoms. The molecular weight excluding hydrogens is 350 g/mol. The first-order valence-corrected chi connectivity index (χ1v) is 9.52. The minimum atomic E-state index is -0.371. The molecule has 26 heavy (non-hydrogen) atoms. The van der Waals surface area contributed by atoms with Crippen molar-refractivity contribution in [1.29, 1.82) is 0 Å². The smallest absolute Gasteiger partial charge is 0.337 e. The van der Waals surface area contributed by atoms with Crippen molar-refractivity contribution in [2.45, 2.75) is 19.2 Å². The lowest BCUT2D eigenvalue weighted by Crippen LogP contribution is -2.24. The van der Waals surface area contributed by atoms with Gasteiger partial charge in [0.1, 0.15) is 5.75 Å². The summed E-state index contributed by atoms with van der Waals surface area (Å²) < 4.78 is 10.2. The Morgan fingerprint density at radius 3 is 2.50 bits per heavy atom. The average molecular weight is 373 g/mol. The molecule has 0 aromatic heterocycles. The first-order chi connectivity index (χ1) is 12.6. The molecule has 2 aromatic carbocycles. The van der Waals surface area contributed by atoms with E-state index in [2.05, 4.69) is 10.1 Å². The number of carbonyl (C=O) groups is 2. The molecule has 0 saturated heterocycles. The summed E-state index contributed by atoms with van der Waals surface area (Å²) in [6, 6.07) is 14.8. The van der Waals surface area contributed by atoms with Crippen LogP contribution in [0, 0.1) is 0 Å². The van der Waals surface area contributed by atoms with E-state index in [9.17, 15) is 9.59 Å². The average Bonchev–Trinajstić information content (AvgIpc) is 2.67. The Labute approximate surface area is 158 Å². The molecule has 5 nitrogen and oxygen atoms in total. The summed E-state index contributed by atoms with van der Waals surface area (Å²) in [5.41, 5.74) is 2.51. The van der Waals surface area contributed by atoms with Crippen LogP contribution in [0.2, 0.25) is 0 Å². The number of rotatable bonds is 9. The highest BCUT2D eigenvalue weighted by Gasteiger charge is 2.07. The molecular formula is C20H23NO4S. The summed E-state index contributed by atoms with van der Waals surface area (Å²) in [5.74, 6) is 1.57. The summed E-state index contributed by atoms with van der Waals surface area (Å²) in [6.07, 6.45) is 0. The van der Waals surface area contributed by atoms with Crippen molar-refractivity contribution in [3.8, 4) is 5.75 Å². The van der Waals surface area contributed by atoms with Gasteiger partial charge in [-0.25, -0.2) is 4.79 Å². The van der Waals surface area contributed by atoms with Crippen LogP contribution < -0.4 is 10.1 Å². The second kappa shape index (κ2) is 10.5. The van der Waals surface area contributed by atoms with Crippen molar-refractivity contribution in [2.75, 3.05) is 19.5 Å². The Morgan fingerprint density at radius 1 is 1.08 bits per heavy atom. The van der Waals surface area contributed by atoms with E-state index in [1.807, 2.05) is 31.2 Å². The number of hydrogen-bond donors (Lipinski definition) is 1. The molecule has 0 radical (unpaired) electrons. The number of amides is 1. The first-order valence-electron chi connectivity index (χ1n) is 8.36. The van der Waals surface area contributed by atoms with Gasteiger partial charge >= 0.3 is 5.97 Å². The Bertz CT molecular complexity index is 731. The third kappa shape index (κ3) is 6.11. The minimum Gasteiger partial charge on any atom is -0.494 e. The standard InChI is InChI=1S/C20H23NO4S/c1-3-25-18-7-5-4-6-17(18)13-26-14-19(22)21-12-15-8-10-16(11-9-15)20(23)24-2/h4-11H,3,12-14H2,1-2H3,(H,21,22). The van der Waals surface area contributed by atoms with Gasteiger partial charge in [-0.05, 0) is 30.7 Å². The van der Waals surface area contributed by atoms with Crippen LogP contribution in [0.3, 0.4) is 0 Å². The Kier molecular flexibility index (Phi) is 8.02. The van der Waals surface area contributed by atoms with Crippen LogP contribution in [0.5, 0.6) is 5.75 Å². The quantitative estimate of drug-likeness (QED) is 0.682. The molecule has 0 heterocycles. The fourth-order valence-electron chi connectivity index (χ4n) is 2.30. The summed E-state index contributed by atoms with van der Waals surface area (Å²) in [7, 11) is 1.35. The van der Waals surface area contributed by atoms with E-state index in [4.69, 9.17) is 4.74 Å². The molecule has 0 fully saturated rings. The van der Waals surface area contributed by atoms with Gasteiger partial charge in [-0.2, -0.15) is 0 Å². The van der Waals surface area contributed by atoms with E-state index in [0.717, 1.165) is 22.6 Å². The number of benzene rings is 2. The summed E-state index contributed by atoms with van der Waals surface area (Å²) in [6.45, 7) is 3.00. The summed E-state index contributed by atoms with van der Waals surface area (Å²) in [4.78, 5) is 23.4. The molecule has 1 amide bonds. The van der Waals surface area contributed by atoms with Gasteiger partial charge in [0.2, 0.25) is 5.91 Å². The first kappa shape index (κ1) is 19.8. The van der Waals surface area contributed by atoms with E-state index in [-0.39, 0.29) is 11.9 Å². The topological polar surface area (TPSA) is 64.6 Å². The largest absolute Gasteiger partial charge is 0.494 e. The van der Waals surface area contributed by atoms with E-state index >= 15 is 0 Å². The lowest BCUT2D eigenvalue weighted by Gasteiger charge is -2.10. The van der Waals surface area contributed by atoms with Crippen molar-refractivity contribution >= 4 is 23.6 Å². The Hall–Kier alpha value is -2.47. The predicted octanol–water partition coefficient (Wildman–Crippen LogP) is 3.42. The molecule has 0 atom stereocenters. The van der Waals surface area contributed by atoms with Crippen molar-refractivity contribution in [2.24, 2.45) is 0 Å². The fraction of sp³-hybridized carbons (Fsp3) is 0.300. The van der Waals surface area contributed by atoms with Gasteiger partial charge in [-0.3, -0.25) is 4.79 Å². The lowest BCUT2D eigenvalue weighted by atomic mass is 10.1. The molecule has 0 spiro atoms. The van der Waals surface area contributed by atoms with E-state index < -0.39 is 0 Å². The highest BCUT2D eigenvalue weighted by Crippen LogP contribution is 2.23. The lowest BCUT2D eigenvalue weighted by molar-refractivity contribution is -0.118. The zero-order valence-electron chi connectivity index (χ0n) is 15.0. The Balaban J connectivity index is 1.75. The maximum Gasteiger partial charge on any atom is 0.337 e. The highest BCUT2D eigenvalue weighted by atomic mass is 32.2. The van der Waals surface area contributed by atoms with Crippen molar-refractivity contribution in [3.05, 3.63) is 65.2 Å². The third-order valence-electron chi connectivity index (χ3n) is 3.63. The van der Waals surface area contributed by atoms with E-state index in [1.54, 1.807) is 36.0 Å². The van der Waals surface area contributed by atoms with Crippen LogP contribution in [0.1, 0.15) is 28.4 Å². The molecule has 1 N–H and O–H groups in total. The number of esters is 1. The SMILES string of the molecule is CCOc1ccccc1CSCC(=O)NCc1ccc(C(=O)OC)cc1. The van der Waals surface area contributed by atoms with Crippen LogP contribution in [0.4, 0.5) is 0 Å². The molecule has 0 saturated carbocycles. The molecule has 0 unspecified atom stereocenters. The zero-order valence-corrected chi connectivity index (χ0v) is 15.8. The number of para-hydroxylation sites is 1. The maximum atomic E-state index is 12.0. The summed E-state index contributed by atoms with van der Waals surface area (Å²) in [5, 5.41) is 2.88. The normalized spacial score (nSPS) is 10.2. The van der Waals surface area contributed by atoms with Gasteiger partial charge in [-0.1, -0.05) is 30.3 Å². The van der Waals surface area contributed by atoms with Crippen LogP contribution in [-0.4, -0.2) is 31.3 Å².